The van der Waals surface area contributed by atoms with Crippen LogP contribution in [0.25, 0.3) is 6.08 Å². The van der Waals surface area contributed by atoms with E-state index in [1.54, 1.807) is 12.1 Å². The van der Waals surface area contributed by atoms with E-state index in [4.69, 9.17) is 0 Å². The number of benzene rings is 2. The highest BCUT2D eigenvalue weighted by molar-refractivity contribution is 7.92. The Labute approximate surface area is 128 Å². The first-order valence-electron chi connectivity index (χ1n) is 6.84. The van der Waals surface area contributed by atoms with Gasteiger partial charge in [0.15, 0.2) is 0 Å². The molecule has 5 nitrogen and oxygen atoms in total. The summed E-state index contributed by atoms with van der Waals surface area (Å²) in [7, 11) is -3.70. The van der Waals surface area contributed by atoms with Crippen molar-refractivity contribution in [3.8, 4) is 0 Å². The van der Waals surface area contributed by atoms with Gasteiger partial charge >= 0.3 is 0 Å². The van der Waals surface area contributed by atoms with Gasteiger partial charge in [0.05, 0.1) is 10.3 Å². The van der Waals surface area contributed by atoms with Crippen molar-refractivity contribution < 1.29 is 13.2 Å². The van der Waals surface area contributed by atoms with Crippen molar-refractivity contribution in [2.75, 3.05) is 4.72 Å². The maximum absolute atomic E-state index is 12.4. The maximum atomic E-state index is 12.4. The highest BCUT2D eigenvalue weighted by atomic mass is 32.2. The normalized spacial score (nSPS) is 13.2. The van der Waals surface area contributed by atoms with E-state index in [0.29, 0.717) is 16.3 Å². The first-order chi connectivity index (χ1) is 10.5. The van der Waals surface area contributed by atoms with Crippen LogP contribution in [0.3, 0.4) is 0 Å². The van der Waals surface area contributed by atoms with Gasteiger partial charge in [-0.3, -0.25) is 9.52 Å². The molecule has 1 N–H and O–H groups in total. The smallest absolute Gasteiger partial charge is 0.270 e. The van der Waals surface area contributed by atoms with Crippen LogP contribution in [0.15, 0.2) is 52.4 Å². The predicted octanol–water partition coefficient (Wildman–Crippen LogP) is 0.990. The minimum absolute atomic E-state index is 0.106. The molecule has 1 amide bonds. The molecule has 1 aliphatic heterocycles. The first kappa shape index (κ1) is 14.5. The zero-order chi connectivity index (χ0) is 15.7. The number of aryl methyl sites for hydroxylation is 1. The molecule has 0 radical (unpaired) electrons. The number of nitrogens with one attached hydrogen (secondary N) is 1. The lowest BCUT2D eigenvalue weighted by Crippen LogP contribution is -2.24. The molecule has 0 aliphatic carbocycles. The molecule has 1 heterocycles. The summed E-state index contributed by atoms with van der Waals surface area (Å²) in [5.74, 6) is -0.367. The van der Waals surface area contributed by atoms with E-state index in [9.17, 15) is 13.2 Å². The number of hydrogen-bond acceptors (Lipinski definition) is 3. The van der Waals surface area contributed by atoms with E-state index in [-0.39, 0.29) is 10.8 Å². The fourth-order valence-electron chi connectivity index (χ4n) is 2.27. The third kappa shape index (κ3) is 2.78. The Morgan fingerprint density at radius 2 is 1.95 bits per heavy atom. The molecule has 0 unspecified atom stereocenters. The molecule has 6 heteroatoms. The quantitative estimate of drug-likeness (QED) is 0.914. The minimum atomic E-state index is -3.70. The van der Waals surface area contributed by atoms with Gasteiger partial charge in [-0.25, -0.2) is 13.4 Å². The number of nitrogens with zero attached hydrogens (tertiary/aromatic N) is 1. The van der Waals surface area contributed by atoms with Crippen molar-refractivity contribution in [2.24, 2.45) is 4.99 Å². The molecule has 3 rings (SSSR count). The largest absolute Gasteiger partial charge is 0.280 e. The molecule has 0 aromatic heterocycles. The van der Waals surface area contributed by atoms with Crippen LogP contribution in [0.2, 0.25) is 0 Å². The topological polar surface area (TPSA) is 75.6 Å². The van der Waals surface area contributed by atoms with Crippen LogP contribution in [0.5, 0.6) is 0 Å². The average molecular weight is 314 g/mol. The molecule has 0 saturated carbocycles. The van der Waals surface area contributed by atoms with Gasteiger partial charge in [-0.1, -0.05) is 19.1 Å². The summed E-state index contributed by atoms with van der Waals surface area (Å²) in [6, 6.07) is 11.7. The van der Waals surface area contributed by atoms with E-state index < -0.39 is 10.0 Å². The van der Waals surface area contributed by atoms with Crippen LogP contribution in [-0.2, 0) is 21.2 Å². The summed E-state index contributed by atoms with van der Waals surface area (Å²) in [6.45, 7) is 2.00. The van der Waals surface area contributed by atoms with Crippen molar-refractivity contribution in [3.05, 3.63) is 58.6 Å². The van der Waals surface area contributed by atoms with Crippen LogP contribution < -0.4 is 15.3 Å². The van der Waals surface area contributed by atoms with Crippen molar-refractivity contribution in [3.63, 3.8) is 0 Å². The van der Waals surface area contributed by atoms with Crippen LogP contribution in [0.4, 0.5) is 5.69 Å². The molecule has 2 aromatic carbocycles. The van der Waals surface area contributed by atoms with Crippen LogP contribution >= 0.6 is 0 Å². The van der Waals surface area contributed by atoms with E-state index in [2.05, 4.69) is 9.71 Å². The summed E-state index contributed by atoms with van der Waals surface area (Å²) in [5.41, 5.74) is 1.57. The van der Waals surface area contributed by atoms with Gasteiger partial charge in [0, 0.05) is 17.0 Å². The zero-order valence-electron chi connectivity index (χ0n) is 11.9. The van der Waals surface area contributed by atoms with Gasteiger partial charge in [-0.15, -0.1) is 0 Å². The van der Waals surface area contributed by atoms with Gasteiger partial charge in [-0.2, -0.15) is 0 Å². The zero-order valence-corrected chi connectivity index (χ0v) is 12.7. The second-order valence-corrected chi connectivity index (χ2v) is 6.66. The number of carbonyl (C=O) groups excluding carboxylic acids is 1. The second kappa shape index (κ2) is 5.38. The summed E-state index contributed by atoms with van der Waals surface area (Å²) >= 11 is 0. The summed E-state index contributed by atoms with van der Waals surface area (Å²) in [4.78, 5) is 15.1. The van der Waals surface area contributed by atoms with Gasteiger partial charge in [-0.05, 0) is 42.3 Å². The highest BCUT2D eigenvalue weighted by Crippen LogP contribution is 2.16. The van der Waals surface area contributed by atoms with Gasteiger partial charge in [0.2, 0.25) is 0 Å². The molecule has 2 aromatic rings. The minimum Gasteiger partial charge on any atom is -0.280 e. The maximum Gasteiger partial charge on any atom is 0.270 e. The summed E-state index contributed by atoms with van der Waals surface area (Å²) in [6.07, 6.45) is 2.15. The summed E-state index contributed by atoms with van der Waals surface area (Å²) in [5, 5.41) is 1.02. The lowest BCUT2D eigenvalue weighted by molar-refractivity contribution is -0.112. The van der Waals surface area contributed by atoms with Crippen molar-refractivity contribution >= 4 is 27.7 Å². The Bertz CT molecular complexity index is 979. The third-order valence-electron chi connectivity index (χ3n) is 3.41. The van der Waals surface area contributed by atoms with Gasteiger partial charge in [0.1, 0.15) is 0 Å². The number of carbonyl (C=O) groups is 1. The van der Waals surface area contributed by atoms with Crippen molar-refractivity contribution in [1.29, 1.82) is 0 Å². The fourth-order valence-corrected chi connectivity index (χ4v) is 3.35. The standard InChI is InChI=1S/C16H14N2O3S/c1-2-11-4-3-5-13(8-11)18-22(20,21)14-6-7-15-12(9-14)10-16(19)17-15/h3-10,18H,2H2,1H3. The number of rotatable bonds is 4. The van der Waals surface area contributed by atoms with E-state index in [1.165, 1.54) is 24.3 Å². The van der Waals surface area contributed by atoms with Crippen LogP contribution in [0, 0.1) is 0 Å². The van der Waals surface area contributed by atoms with Crippen molar-refractivity contribution in [2.45, 2.75) is 18.2 Å². The Kier molecular flexibility index (Phi) is 3.54. The molecular formula is C16H14N2O3S. The van der Waals surface area contributed by atoms with Crippen LogP contribution in [-0.4, -0.2) is 14.3 Å². The number of amides is 1. The lowest BCUT2D eigenvalue weighted by Gasteiger charge is -2.09. The van der Waals surface area contributed by atoms with Crippen molar-refractivity contribution in [1.82, 2.24) is 0 Å². The Hall–Kier alpha value is -2.47. The Morgan fingerprint density at radius 1 is 1.14 bits per heavy atom. The van der Waals surface area contributed by atoms with Gasteiger partial charge in [0.25, 0.3) is 15.9 Å². The third-order valence-corrected chi connectivity index (χ3v) is 4.79. The molecule has 112 valence electrons. The SMILES string of the molecule is CCc1cccc(NS(=O)(=O)c2ccc3c(c2)=CC(=O)N=3)c1. The molecule has 0 bridgehead atoms. The second-order valence-electron chi connectivity index (χ2n) is 4.97. The average Bonchev–Trinajstić information content (AvgIpc) is 2.86. The molecule has 22 heavy (non-hydrogen) atoms. The van der Waals surface area contributed by atoms with E-state index in [0.717, 1.165) is 12.0 Å². The predicted molar refractivity (Wildman–Crippen MR) is 83.3 cm³/mol. The Morgan fingerprint density at radius 3 is 2.73 bits per heavy atom. The molecule has 0 saturated heterocycles. The Balaban J connectivity index is 1.97. The molecule has 0 atom stereocenters. The van der Waals surface area contributed by atoms with Crippen LogP contribution in [0.1, 0.15) is 12.5 Å². The molecular weight excluding hydrogens is 300 g/mol. The van der Waals surface area contributed by atoms with Gasteiger partial charge < -0.3 is 0 Å². The number of anilines is 1. The fraction of sp³-hybridized carbons (Fsp3) is 0.125. The number of fused-ring (bicyclic) bond motifs is 1. The molecule has 0 spiro atoms. The number of sulfonamides is 1. The van der Waals surface area contributed by atoms with E-state index >= 15 is 0 Å². The van der Waals surface area contributed by atoms with E-state index in [1.807, 2.05) is 19.1 Å². The highest BCUT2D eigenvalue weighted by Gasteiger charge is 2.15. The number of hydrogen-bond donors (Lipinski definition) is 1. The lowest BCUT2D eigenvalue weighted by atomic mass is 10.1. The molecule has 0 fully saturated rings. The summed E-state index contributed by atoms with van der Waals surface area (Å²) < 4.78 is 27.4. The monoisotopic (exact) mass is 314 g/mol. The first-order valence-corrected chi connectivity index (χ1v) is 8.32. The molecule has 1 aliphatic rings.